The van der Waals surface area contributed by atoms with Crippen LogP contribution in [0.15, 0.2) is 12.3 Å². The minimum absolute atomic E-state index is 0.197. The summed E-state index contributed by atoms with van der Waals surface area (Å²) in [5.74, 6) is 0.197. The fourth-order valence-electron chi connectivity index (χ4n) is 1.80. The summed E-state index contributed by atoms with van der Waals surface area (Å²) in [6.07, 6.45) is -0.0448. The van der Waals surface area contributed by atoms with Crippen molar-refractivity contribution in [1.29, 1.82) is 0 Å². The maximum absolute atomic E-state index is 12.5. The number of alkyl halides is 1. The Hall–Kier alpha value is -1.63. The second kappa shape index (κ2) is 7.51. The summed E-state index contributed by atoms with van der Waals surface area (Å²) in [5, 5.41) is 0.625. The van der Waals surface area contributed by atoms with Gasteiger partial charge in [-0.05, 0) is 59.6 Å². The molecule has 2 amide bonds. The molecule has 0 unspecified atom stereocenters. The van der Waals surface area contributed by atoms with Gasteiger partial charge in [0.15, 0.2) is 5.82 Å². The fourth-order valence-corrected chi connectivity index (χ4v) is 2.10. The maximum atomic E-state index is 12.5. The summed E-state index contributed by atoms with van der Waals surface area (Å²) in [5.41, 5.74) is 0.107. The first-order chi connectivity index (χ1) is 10.8. The third-order valence-electron chi connectivity index (χ3n) is 2.63. The Morgan fingerprint density at radius 2 is 1.54 bits per heavy atom. The number of nitrogens with zero attached hydrogens (tertiary/aromatic N) is 2. The highest BCUT2D eigenvalue weighted by Crippen LogP contribution is 2.24. The standard InChI is InChI=1S/C17H25BrN2O4/c1-11-8-12(9-18)10-19-13(11)20(14(21)23-16(2,3)4)15(22)24-17(5,6)7/h8,10H,9H2,1-7H3. The van der Waals surface area contributed by atoms with Crippen LogP contribution in [0, 0.1) is 6.92 Å². The Morgan fingerprint density at radius 3 is 1.88 bits per heavy atom. The van der Waals surface area contributed by atoms with Gasteiger partial charge in [0, 0.05) is 11.5 Å². The highest BCUT2D eigenvalue weighted by Gasteiger charge is 2.34. The van der Waals surface area contributed by atoms with Crippen molar-refractivity contribution in [2.75, 3.05) is 4.90 Å². The van der Waals surface area contributed by atoms with Crippen molar-refractivity contribution >= 4 is 33.9 Å². The minimum Gasteiger partial charge on any atom is -0.443 e. The van der Waals surface area contributed by atoms with E-state index in [1.54, 1.807) is 54.7 Å². The van der Waals surface area contributed by atoms with Crippen LogP contribution < -0.4 is 4.90 Å². The molecule has 0 N–H and O–H groups in total. The van der Waals surface area contributed by atoms with Crippen LogP contribution in [0.1, 0.15) is 52.7 Å². The first-order valence-electron chi connectivity index (χ1n) is 7.61. The third-order valence-corrected chi connectivity index (χ3v) is 3.27. The number of amides is 2. The molecule has 1 aromatic rings. The van der Waals surface area contributed by atoms with E-state index in [4.69, 9.17) is 9.47 Å². The summed E-state index contributed by atoms with van der Waals surface area (Å²) in [6.45, 7) is 12.1. The highest BCUT2D eigenvalue weighted by atomic mass is 79.9. The SMILES string of the molecule is Cc1cc(CBr)cnc1N(C(=O)OC(C)(C)C)C(=O)OC(C)(C)C. The first-order valence-corrected chi connectivity index (χ1v) is 8.74. The number of aromatic nitrogens is 1. The summed E-state index contributed by atoms with van der Waals surface area (Å²) in [7, 11) is 0. The van der Waals surface area contributed by atoms with Crippen LogP contribution in [0.2, 0.25) is 0 Å². The van der Waals surface area contributed by atoms with Crippen LogP contribution in [0.5, 0.6) is 0 Å². The largest absolute Gasteiger partial charge is 0.443 e. The van der Waals surface area contributed by atoms with Gasteiger partial charge in [0.2, 0.25) is 0 Å². The lowest BCUT2D eigenvalue weighted by molar-refractivity contribution is 0.0428. The number of carbonyl (C=O) groups excluding carboxylic acids is 2. The van der Waals surface area contributed by atoms with E-state index in [1.807, 2.05) is 6.07 Å². The van der Waals surface area contributed by atoms with Crippen molar-refractivity contribution in [2.24, 2.45) is 0 Å². The molecule has 1 heterocycles. The Bertz CT molecular complexity index is 590. The number of imide groups is 1. The topological polar surface area (TPSA) is 68.7 Å². The third kappa shape index (κ3) is 6.11. The van der Waals surface area contributed by atoms with Crippen LogP contribution in [0.3, 0.4) is 0 Å². The molecule has 1 aromatic heterocycles. The quantitative estimate of drug-likeness (QED) is 0.655. The Balaban J connectivity index is 3.27. The molecule has 0 aliphatic heterocycles. The smallest absolute Gasteiger partial charge is 0.425 e. The highest BCUT2D eigenvalue weighted by molar-refractivity contribution is 9.08. The van der Waals surface area contributed by atoms with Crippen LogP contribution in [-0.4, -0.2) is 28.4 Å². The van der Waals surface area contributed by atoms with Gasteiger partial charge in [-0.1, -0.05) is 22.0 Å². The van der Waals surface area contributed by atoms with Gasteiger partial charge in [-0.25, -0.2) is 14.6 Å². The van der Waals surface area contributed by atoms with Gasteiger partial charge in [0.1, 0.15) is 11.2 Å². The average Bonchev–Trinajstić information content (AvgIpc) is 2.36. The summed E-state index contributed by atoms with van der Waals surface area (Å²) in [4.78, 5) is 30.2. The summed E-state index contributed by atoms with van der Waals surface area (Å²) >= 11 is 3.35. The van der Waals surface area contributed by atoms with Crippen molar-refractivity contribution in [1.82, 2.24) is 4.98 Å². The number of hydrogen-bond acceptors (Lipinski definition) is 5. The van der Waals surface area contributed by atoms with Gasteiger partial charge in [0.25, 0.3) is 0 Å². The van der Waals surface area contributed by atoms with Gasteiger partial charge >= 0.3 is 12.2 Å². The maximum Gasteiger partial charge on any atom is 0.425 e. The fraction of sp³-hybridized carbons (Fsp3) is 0.588. The molecule has 0 bridgehead atoms. The Kier molecular flexibility index (Phi) is 6.38. The molecule has 0 fully saturated rings. The molecule has 6 nitrogen and oxygen atoms in total. The van der Waals surface area contributed by atoms with Crippen LogP contribution in [0.4, 0.5) is 15.4 Å². The van der Waals surface area contributed by atoms with Gasteiger partial charge in [-0.15, -0.1) is 0 Å². The zero-order valence-corrected chi connectivity index (χ0v) is 16.9. The molecule has 0 radical (unpaired) electrons. The summed E-state index contributed by atoms with van der Waals surface area (Å²) in [6, 6.07) is 1.85. The average molecular weight is 401 g/mol. The van der Waals surface area contributed by atoms with Crippen LogP contribution in [-0.2, 0) is 14.8 Å². The van der Waals surface area contributed by atoms with E-state index in [0.29, 0.717) is 10.9 Å². The van der Waals surface area contributed by atoms with E-state index in [0.717, 1.165) is 10.5 Å². The van der Waals surface area contributed by atoms with E-state index < -0.39 is 23.4 Å². The molecule has 7 heteroatoms. The number of carbonyl (C=O) groups is 2. The van der Waals surface area contributed by atoms with Crippen molar-refractivity contribution in [3.63, 3.8) is 0 Å². The molecule has 0 atom stereocenters. The molecule has 24 heavy (non-hydrogen) atoms. The molecule has 0 saturated heterocycles. The number of anilines is 1. The second-order valence-electron chi connectivity index (χ2n) is 7.41. The minimum atomic E-state index is -0.820. The predicted octanol–water partition coefficient (Wildman–Crippen LogP) is 4.96. The van der Waals surface area contributed by atoms with E-state index >= 15 is 0 Å². The zero-order chi connectivity index (χ0) is 18.7. The molecule has 1 rings (SSSR count). The van der Waals surface area contributed by atoms with Crippen molar-refractivity contribution in [2.45, 2.75) is 65.0 Å². The second-order valence-corrected chi connectivity index (χ2v) is 7.97. The van der Waals surface area contributed by atoms with Gasteiger partial charge in [-0.2, -0.15) is 4.90 Å². The van der Waals surface area contributed by atoms with E-state index in [9.17, 15) is 9.59 Å². The lowest BCUT2D eigenvalue weighted by Crippen LogP contribution is -2.44. The van der Waals surface area contributed by atoms with Gasteiger partial charge in [0.05, 0.1) is 0 Å². The monoisotopic (exact) mass is 400 g/mol. The van der Waals surface area contributed by atoms with Crippen molar-refractivity contribution in [3.8, 4) is 0 Å². The number of hydrogen-bond donors (Lipinski definition) is 0. The Morgan fingerprint density at radius 1 is 1.08 bits per heavy atom. The van der Waals surface area contributed by atoms with Crippen molar-refractivity contribution < 1.29 is 19.1 Å². The van der Waals surface area contributed by atoms with Crippen molar-refractivity contribution in [3.05, 3.63) is 23.4 Å². The van der Waals surface area contributed by atoms with E-state index in [-0.39, 0.29) is 5.82 Å². The zero-order valence-electron chi connectivity index (χ0n) is 15.3. The van der Waals surface area contributed by atoms with Gasteiger partial charge < -0.3 is 9.47 Å². The predicted molar refractivity (Wildman–Crippen MR) is 96.6 cm³/mol. The van der Waals surface area contributed by atoms with E-state index in [2.05, 4.69) is 20.9 Å². The molecule has 0 spiro atoms. The Labute approximate surface area is 151 Å². The molecule has 0 aliphatic rings. The number of ether oxygens (including phenoxy) is 2. The molecule has 134 valence electrons. The number of halogens is 1. The molecular weight excluding hydrogens is 376 g/mol. The lowest BCUT2D eigenvalue weighted by atomic mass is 10.2. The number of rotatable bonds is 2. The summed E-state index contributed by atoms with van der Waals surface area (Å²) < 4.78 is 10.7. The number of pyridine rings is 1. The number of aryl methyl sites for hydroxylation is 1. The lowest BCUT2D eigenvalue weighted by Gasteiger charge is -2.28. The van der Waals surface area contributed by atoms with Crippen LogP contribution >= 0.6 is 15.9 Å². The molecule has 0 aliphatic carbocycles. The van der Waals surface area contributed by atoms with Gasteiger partial charge in [-0.3, -0.25) is 0 Å². The van der Waals surface area contributed by atoms with Crippen LogP contribution in [0.25, 0.3) is 0 Å². The molecule has 0 saturated carbocycles. The van der Waals surface area contributed by atoms with E-state index in [1.165, 1.54) is 0 Å². The normalized spacial score (nSPS) is 11.8. The first kappa shape index (κ1) is 20.4. The molecule has 0 aromatic carbocycles. The molecular formula is C17H25BrN2O4.